The van der Waals surface area contributed by atoms with E-state index >= 15 is 0 Å². The standard InChI is InChI=1S/C28H28Cl2N4O3/c1-4-24(33(14-15-37-3)28(36)31-21-9-7-8-19(29)17-21)26-32-23-11-6-5-10-22(23)27(35)34(26)25-13-12-20(30)16-18(25)2/h5-13,16-17,24H,4,14-15H2,1-3H3,(H,31,36). The van der Waals surface area contributed by atoms with Crippen LogP contribution in [-0.4, -0.2) is 40.7 Å². The maximum atomic E-state index is 13.9. The first-order valence-electron chi connectivity index (χ1n) is 11.9. The number of anilines is 1. The fourth-order valence-electron chi connectivity index (χ4n) is 4.37. The van der Waals surface area contributed by atoms with Crippen molar-refractivity contribution in [2.75, 3.05) is 25.6 Å². The minimum Gasteiger partial charge on any atom is -0.383 e. The van der Waals surface area contributed by atoms with Gasteiger partial charge in [-0.1, -0.05) is 48.3 Å². The minimum atomic E-state index is -0.540. The summed E-state index contributed by atoms with van der Waals surface area (Å²) in [6, 6.07) is 18.6. The summed E-state index contributed by atoms with van der Waals surface area (Å²) in [7, 11) is 1.58. The molecule has 192 valence electrons. The maximum Gasteiger partial charge on any atom is 0.322 e. The zero-order valence-corrected chi connectivity index (χ0v) is 22.4. The van der Waals surface area contributed by atoms with Gasteiger partial charge in [0.25, 0.3) is 5.56 Å². The molecule has 0 aliphatic heterocycles. The number of benzene rings is 3. The van der Waals surface area contributed by atoms with E-state index in [-0.39, 0.29) is 18.1 Å². The van der Waals surface area contributed by atoms with Gasteiger partial charge in [0.15, 0.2) is 0 Å². The summed E-state index contributed by atoms with van der Waals surface area (Å²) in [6.07, 6.45) is 0.504. The molecule has 9 heteroatoms. The molecule has 4 aromatic rings. The SMILES string of the molecule is CCC(c1nc2ccccc2c(=O)n1-c1ccc(Cl)cc1C)N(CCOC)C(=O)Nc1cccc(Cl)c1. The third kappa shape index (κ3) is 5.80. The average Bonchev–Trinajstić information content (AvgIpc) is 2.87. The molecule has 0 spiro atoms. The molecule has 0 bridgehead atoms. The lowest BCUT2D eigenvalue weighted by Gasteiger charge is -2.32. The molecule has 1 N–H and O–H groups in total. The van der Waals surface area contributed by atoms with Gasteiger partial charge in [-0.3, -0.25) is 9.36 Å². The van der Waals surface area contributed by atoms with E-state index in [1.54, 1.807) is 71.2 Å². The second-order valence-electron chi connectivity index (χ2n) is 8.61. The second-order valence-corrected chi connectivity index (χ2v) is 9.48. The smallest absolute Gasteiger partial charge is 0.322 e. The third-order valence-electron chi connectivity index (χ3n) is 6.14. The molecule has 2 amide bonds. The Bertz CT molecular complexity index is 1490. The van der Waals surface area contributed by atoms with Crippen molar-refractivity contribution in [1.82, 2.24) is 14.5 Å². The molecule has 0 aliphatic rings. The lowest BCUT2D eigenvalue weighted by Crippen LogP contribution is -2.42. The van der Waals surface area contributed by atoms with Crippen molar-refractivity contribution in [3.63, 3.8) is 0 Å². The van der Waals surface area contributed by atoms with Gasteiger partial charge in [0.2, 0.25) is 0 Å². The fourth-order valence-corrected chi connectivity index (χ4v) is 4.79. The van der Waals surface area contributed by atoms with Crippen LogP contribution >= 0.6 is 23.2 Å². The van der Waals surface area contributed by atoms with Crippen LogP contribution in [0.4, 0.5) is 10.5 Å². The summed E-state index contributed by atoms with van der Waals surface area (Å²) in [5, 5.41) is 4.49. The molecule has 1 aromatic heterocycles. The van der Waals surface area contributed by atoms with Gasteiger partial charge in [-0.05, 0) is 67.4 Å². The lowest BCUT2D eigenvalue weighted by atomic mass is 10.1. The van der Waals surface area contributed by atoms with Crippen molar-refractivity contribution in [3.8, 4) is 5.69 Å². The average molecular weight is 539 g/mol. The first kappa shape index (κ1) is 26.7. The Morgan fingerprint density at radius 1 is 1.08 bits per heavy atom. The van der Waals surface area contributed by atoms with E-state index in [2.05, 4.69) is 5.32 Å². The Morgan fingerprint density at radius 2 is 1.84 bits per heavy atom. The van der Waals surface area contributed by atoms with Crippen molar-refractivity contribution in [1.29, 1.82) is 0 Å². The number of hydrogen-bond donors (Lipinski definition) is 1. The van der Waals surface area contributed by atoms with Crippen LogP contribution in [0.2, 0.25) is 10.0 Å². The van der Waals surface area contributed by atoms with Crippen molar-refractivity contribution >= 4 is 45.8 Å². The number of halogens is 2. The molecule has 1 unspecified atom stereocenters. The number of urea groups is 1. The van der Waals surface area contributed by atoms with E-state index in [0.29, 0.717) is 51.2 Å². The molecule has 0 saturated heterocycles. The van der Waals surface area contributed by atoms with Crippen molar-refractivity contribution in [2.24, 2.45) is 0 Å². The second kappa shape index (κ2) is 11.8. The van der Waals surface area contributed by atoms with E-state index in [1.165, 1.54) is 0 Å². The van der Waals surface area contributed by atoms with Gasteiger partial charge < -0.3 is 15.0 Å². The molecular weight excluding hydrogens is 511 g/mol. The Hall–Kier alpha value is -3.39. The highest BCUT2D eigenvalue weighted by atomic mass is 35.5. The number of aromatic nitrogens is 2. The number of nitrogens with zero attached hydrogens (tertiary/aromatic N) is 3. The molecule has 0 fully saturated rings. The summed E-state index contributed by atoms with van der Waals surface area (Å²) in [5.74, 6) is 0.453. The molecule has 0 saturated carbocycles. The van der Waals surface area contributed by atoms with Crippen molar-refractivity contribution in [3.05, 3.63) is 98.5 Å². The van der Waals surface area contributed by atoms with Gasteiger partial charge in [-0.25, -0.2) is 9.78 Å². The van der Waals surface area contributed by atoms with Crippen LogP contribution < -0.4 is 10.9 Å². The predicted molar refractivity (Wildman–Crippen MR) is 149 cm³/mol. The van der Waals surface area contributed by atoms with E-state index < -0.39 is 6.04 Å². The van der Waals surface area contributed by atoms with E-state index in [1.807, 2.05) is 26.0 Å². The Kier molecular flexibility index (Phi) is 8.48. The van der Waals surface area contributed by atoms with Gasteiger partial charge in [0.05, 0.1) is 29.2 Å². The number of aryl methyl sites for hydroxylation is 1. The summed E-state index contributed by atoms with van der Waals surface area (Å²) < 4.78 is 6.91. The number of ether oxygens (including phenoxy) is 1. The van der Waals surface area contributed by atoms with Gasteiger partial charge >= 0.3 is 6.03 Å². The summed E-state index contributed by atoms with van der Waals surface area (Å²) in [6.45, 7) is 4.43. The van der Waals surface area contributed by atoms with Gasteiger partial charge in [-0.2, -0.15) is 0 Å². The summed E-state index contributed by atoms with van der Waals surface area (Å²) in [4.78, 5) is 34.0. The third-order valence-corrected chi connectivity index (χ3v) is 6.61. The summed E-state index contributed by atoms with van der Waals surface area (Å²) >= 11 is 12.3. The molecule has 1 heterocycles. The number of fused-ring (bicyclic) bond motifs is 1. The van der Waals surface area contributed by atoms with Crippen LogP contribution in [0.5, 0.6) is 0 Å². The quantitative estimate of drug-likeness (QED) is 0.273. The number of carbonyl (C=O) groups excluding carboxylic acids is 1. The molecular formula is C28H28Cl2N4O3. The number of hydrogen-bond acceptors (Lipinski definition) is 4. The first-order chi connectivity index (χ1) is 17.8. The van der Waals surface area contributed by atoms with Crippen LogP contribution in [0.3, 0.4) is 0 Å². The largest absolute Gasteiger partial charge is 0.383 e. The highest BCUT2D eigenvalue weighted by Crippen LogP contribution is 2.28. The van der Waals surface area contributed by atoms with Crippen molar-refractivity contribution < 1.29 is 9.53 Å². The van der Waals surface area contributed by atoms with E-state index in [4.69, 9.17) is 32.9 Å². The maximum absolute atomic E-state index is 13.9. The molecule has 37 heavy (non-hydrogen) atoms. The normalized spacial score (nSPS) is 11.9. The molecule has 1 atom stereocenters. The van der Waals surface area contributed by atoms with Gasteiger partial charge in [0, 0.05) is 29.4 Å². The molecule has 4 rings (SSSR count). The Balaban J connectivity index is 1.89. The van der Waals surface area contributed by atoms with Gasteiger partial charge in [0.1, 0.15) is 5.82 Å². The van der Waals surface area contributed by atoms with E-state index in [9.17, 15) is 9.59 Å². The monoisotopic (exact) mass is 538 g/mol. The number of para-hydroxylation sites is 1. The molecule has 7 nitrogen and oxygen atoms in total. The number of amides is 2. The highest BCUT2D eigenvalue weighted by molar-refractivity contribution is 6.31. The topological polar surface area (TPSA) is 76.5 Å². The molecule has 0 aliphatic carbocycles. The predicted octanol–water partition coefficient (Wildman–Crippen LogP) is 6.63. The summed E-state index contributed by atoms with van der Waals surface area (Å²) in [5.41, 5.74) is 2.38. The van der Waals surface area contributed by atoms with Crippen LogP contribution in [0.25, 0.3) is 16.6 Å². The van der Waals surface area contributed by atoms with Crippen LogP contribution in [-0.2, 0) is 4.74 Å². The van der Waals surface area contributed by atoms with Crippen LogP contribution in [0.1, 0.15) is 30.8 Å². The first-order valence-corrected chi connectivity index (χ1v) is 12.7. The van der Waals surface area contributed by atoms with Gasteiger partial charge in [-0.15, -0.1) is 0 Å². The van der Waals surface area contributed by atoms with Crippen LogP contribution in [0.15, 0.2) is 71.5 Å². The number of rotatable bonds is 8. The zero-order valence-electron chi connectivity index (χ0n) is 20.9. The molecule has 0 radical (unpaired) electrons. The number of carbonyl (C=O) groups is 1. The van der Waals surface area contributed by atoms with Crippen LogP contribution in [0, 0.1) is 6.92 Å². The van der Waals surface area contributed by atoms with E-state index in [0.717, 1.165) is 5.56 Å². The zero-order chi connectivity index (χ0) is 26.5. The molecule has 3 aromatic carbocycles. The van der Waals surface area contributed by atoms with Crippen molar-refractivity contribution in [2.45, 2.75) is 26.3 Å². The number of nitrogens with one attached hydrogen (secondary N) is 1. The minimum absolute atomic E-state index is 0.216. The fraction of sp³-hybridized carbons (Fsp3) is 0.250. The Labute approximate surface area is 225 Å². The highest BCUT2D eigenvalue weighted by Gasteiger charge is 2.29. The number of methoxy groups -OCH3 is 1. The Morgan fingerprint density at radius 3 is 2.54 bits per heavy atom. The lowest BCUT2D eigenvalue weighted by molar-refractivity contribution is 0.131.